The molecule has 7 nitrogen and oxygen atoms in total. The maximum atomic E-state index is 12.4. The Morgan fingerprint density at radius 3 is 2.50 bits per heavy atom. The number of esters is 1. The van der Waals surface area contributed by atoms with Gasteiger partial charge in [-0.05, 0) is 50.5 Å². The number of pyridine rings is 1. The van der Waals surface area contributed by atoms with E-state index in [0.29, 0.717) is 24.2 Å². The number of rotatable bonds is 7. The molecule has 1 aromatic carbocycles. The molecule has 0 aliphatic carbocycles. The third-order valence-corrected chi connectivity index (χ3v) is 4.54. The van der Waals surface area contributed by atoms with Crippen LogP contribution in [0.3, 0.4) is 0 Å². The van der Waals surface area contributed by atoms with Gasteiger partial charge in [-0.2, -0.15) is 5.26 Å². The van der Waals surface area contributed by atoms with E-state index in [2.05, 4.69) is 4.98 Å². The minimum Gasteiger partial charge on any atom is -0.456 e. The minimum absolute atomic E-state index is 0.0450. The number of aromatic amines is 1. The summed E-state index contributed by atoms with van der Waals surface area (Å²) in [5.41, 5.74) is 2.27. The molecule has 2 aromatic rings. The van der Waals surface area contributed by atoms with E-state index >= 15 is 0 Å². The second kappa shape index (κ2) is 9.51. The number of H-pyrrole nitrogens is 1. The van der Waals surface area contributed by atoms with Gasteiger partial charge in [-0.15, -0.1) is 0 Å². The van der Waals surface area contributed by atoms with Gasteiger partial charge in [0.2, 0.25) is 0 Å². The normalized spacial score (nSPS) is 10.2. The van der Waals surface area contributed by atoms with Gasteiger partial charge in [0.05, 0.1) is 0 Å². The van der Waals surface area contributed by atoms with Crippen LogP contribution in [-0.2, 0) is 20.7 Å². The number of hydrogen-bond donors (Lipinski definition) is 1. The number of carbonyl (C=O) groups is 2. The first kappa shape index (κ1) is 20.9. The highest BCUT2D eigenvalue weighted by atomic mass is 16.5. The van der Waals surface area contributed by atoms with E-state index in [4.69, 9.17) is 10.00 Å². The first-order valence-corrected chi connectivity index (χ1v) is 9.02. The zero-order valence-electron chi connectivity index (χ0n) is 16.2. The number of nitriles is 1. The molecule has 0 saturated heterocycles. The highest BCUT2D eigenvalue weighted by molar-refractivity contribution is 5.95. The molecule has 1 amide bonds. The van der Waals surface area contributed by atoms with E-state index in [0.717, 1.165) is 11.3 Å². The number of aromatic nitrogens is 1. The van der Waals surface area contributed by atoms with Gasteiger partial charge in [0.15, 0.2) is 6.61 Å². The number of nitrogens with zero attached hydrogens (tertiary/aromatic N) is 2. The van der Waals surface area contributed by atoms with Crippen molar-refractivity contribution in [3.05, 3.63) is 63.1 Å². The summed E-state index contributed by atoms with van der Waals surface area (Å²) in [7, 11) is 0. The Morgan fingerprint density at radius 1 is 1.21 bits per heavy atom. The van der Waals surface area contributed by atoms with E-state index in [1.54, 1.807) is 18.7 Å². The third kappa shape index (κ3) is 4.86. The van der Waals surface area contributed by atoms with Gasteiger partial charge in [-0.3, -0.25) is 14.4 Å². The van der Waals surface area contributed by atoms with Crippen molar-refractivity contribution >= 4 is 17.6 Å². The maximum Gasteiger partial charge on any atom is 0.306 e. The highest BCUT2D eigenvalue weighted by Gasteiger charge is 2.17. The number of likely N-dealkylation sites (N-methyl/N-ethyl adjacent to an activating group) is 1. The Balaban J connectivity index is 1.96. The van der Waals surface area contributed by atoms with Gasteiger partial charge < -0.3 is 14.6 Å². The minimum atomic E-state index is -0.513. The summed E-state index contributed by atoms with van der Waals surface area (Å²) >= 11 is 0. The van der Waals surface area contributed by atoms with Crippen LogP contribution in [0.1, 0.15) is 35.7 Å². The molecule has 1 aromatic heterocycles. The van der Waals surface area contributed by atoms with Crippen LogP contribution in [0, 0.1) is 25.2 Å². The van der Waals surface area contributed by atoms with E-state index < -0.39 is 11.5 Å². The van der Waals surface area contributed by atoms with E-state index in [1.807, 2.05) is 43.3 Å². The van der Waals surface area contributed by atoms with Gasteiger partial charge in [-0.1, -0.05) is 18.2 Å². The van der Waals surface area contributed by atoms with E-state index in [1.165, 1.54) is 0 Å². The molecule has 0 aliphatic heterocycles. The predicted molar refractivity (Wildman–Crippen MR) is 105 cm³/mol. The number of aryl methyl sites for hydroxylation is 1. The molecule has 0 fully saturated rings. The fraction of sp³-hybridized carbons (Fsp3) is 0.333. The third-order valence-electron chi connectivity index (χ3n) is 4.54. The Bertz CT molecular complexity index is 958. The summed E-state index contributed by atoms with van der Waals surface area (Å²) in [5, 5.41) is 9.10. The lowest BCUT2D eigenvalue weighted by atomic mass is 9.99. The lowest BCUT2D eigenvalue weighted by Crippen LogP contribution is -2.34. The van der Waals surface area contributed by atoms with Crippen LogP contribution in [0.2, 0.25) is 0 Å². The number of anilines is 1. The Hall–Kier alpha value is -3.40. The molecule has 1 heterocycles. The monoisotopic (exact) mass is 381 g/mol. The molecule has 0 atom stereocenters. The first-order valence-electron chi connectivity index (χ1n) is 9.02. The van der Waals surface area contributed by atoms with Crippen LogP contribution in [0.25, 0.3) is 0 Å². The van der Waals surface area contributed by atoms with Crippen LogP contribution < -0.4 is 10.5 Å². The fourth-order valence-electron chi connectivity index (χ4n) is 3.05. The molecular weight excluding hydrogens is 358 g/mol. The predicted octanol–water partition coefficient (Wildman–Crippen LogP) is 2.39. The maximum absolute atomic E-state index is 12.4. The van der Waals surface area contributed by atoms with Gasteiger partial charge in [0.1, 0.15) is 11.6 Å². The van der Waals surface area contributed by atoms with Gasteiger partial charge in [-0.25, -0.2) is 0 Å². The summed E-state index contributed by atoms with van der Waals surface area (Å²) in [6.45, 7) is 5.38. The average molecular weight is 381 g/mol. The molecule has 0 bridgehead atoms. The van der Waals surface area contributed by atoms with Crippen molar-refractivity contribution in [2.45, 2.75) is 33.6 Å². The van der Waals surface area contributed by atoms with Gasteiger partial charge in [0, 0.05) is 24.3 Å². The molecular formula is C21H23N3O4. The van der Waals surface area contributed by atoms with E-state index in [9.17, 15) is 14.4 Å². The zero-order valence-corrected chi connectivity index (χ0v) is 16.2. The van der Waals surface area contributed by atoms with Crippen molar-refractivity contribution in [1.82, 2.24) is 4.98 Å². The number of amides is 1. The molecule has 146 valence electrons. The number of para-hydroxylation sites is 1. The Kier molecular flexibility index (Phi) is 7.10. The number of benzene rings is 1. The second-order valence-electron chi connectivity index (χ2n) is 6.30. The van der Waals surface area contributed by atoms with Crippen molar-refractivity contribution in [3.63, 3.8) is 0 Å². The van der Waals surface area contributed by atoms with Gasteiger partial charge in [0.25, 0.3) is 11.5 Å². The number of nitrogens with one attached hydrogen (secondary N) is 1. The highest BCUT2D eigenvalue weighted by Crippen LogP contribution is 2.16. The van der Waals surface area contributed by atoms with Crippen molar-refractivity contribution in [1.29, 1.82) is 5.26 Å². The fourth-order valence-corrected chi connectivity index (χ4v) is 3.05. The largest absolute Gasteiger partial charge is 0.456 e. The van der Waals surface area contributed by atoms with Crippen molar-refractivity contribution in [2.24, 2.45) is 0 Å². The first-order chi connectivity index (χ1) is 13.4. The van der Waals surface area contributed by atoms with Crippen LogP contribution >= 0.6 is 0 Å². The molecule has 28 heavy (non-hydrogen) atoms. The lowest BCUT2D eigenvalue weighted by Gasteiger charge is -2.20. The standard InChI is InChI=1S/C21H23N3O4/c1-4-24(16-8-6-5-7-9-16)19(25)13-28-20(26)11-10-17-14(2)18(12-22)21(27)23-15(17)3/h5-9H,4,10-11,13H2,1-3H3,(H,23,27). The van der Waals surface area contributed by atoms with Crippen molar-refractivity contribution < 1.29 is 14.3 Å². The smallest absolute Gasteiger partial charge is 0.306 e. The number of carbonyl (C=O) groups excluding carboxylic acids is 2. The number of ether oxygens (including phenoxy) is 1. The molecule has 0 spiro atoms. The van der Waals surface area contributed by atoms with Crippen molar-refractivity contribution in [3.8, 4) is 6.07 Å². The molecule has 0 saturated carbocycles. The SMILES string of the molecule is CCN(C(=O)COC(=O)CCc1c(C)[nH]c(=O)c(C#N)c1C)c1ccccc1. The van der Waals surface area contributed by atoms with Crippen LogP contribution in [0.15, 0.2) is 35.1 Å². The van der Waals surface area contributed by atoms with Crippen molar-refractivity contribution in [2.75, 3.05) is 18.1 Å². The zero-order chi connectivity index (χ0) is 20.7. The number of hydrogen-bond acceptors (Lipinski definition) is 5. The topological polar surface area (TPSA) is 103 Å². The summed E-state index contributed by atoms with van der Waals surface area (Å²) in [6.07, 6.45) is 0.357. The molecule has 1 N–H and O–H groups in total. The Morgan fingerprint density at radius 2 is 1.89 bits per heavy atom. The molecule has 7 heteroatoms. The molecule has 0 unspecified atom stereocenters. The summed E-state index contributed by atoms with van der Waals surface area (Å²) in [6, 6.07) is 11.0. The average Bonchev–Trinajstić information content (AvgIpc) is 2.67. The molecule has 2 rings (SSSR count). The van der Waals surface area contributed by atoms with Crippen LogP contribution in [0.5, 0.6) is 0 Å². The summed E-state index contributed by atoms with van der Waals surface area (Å²) in [4.78, 5) is 40.4. The lowest BCUT2D eigenvalue weighted by molar-refractivity contribution is -0.147. The van der Waals surface area contributed by atoms with Gasteiger partial charge >= 0.3 is 5.97 Å². The van der Waals surface area contributed by atoms with Crippen LogP contribution in [0.4, 0.5) is 5.69 Å². The Labute approximate surface area is 163 Å². The quantitative estimate of drug-likeness (QED) is 0.742. The second-order valence-corrected chi connectivity index (χ2v) is 6.30. The summed E-state index contributed by atoms with van der Waals surface area (Å²) in [5.74, 6) is -0.814. The summed E-state index contributed by atoms with van der Waals surface area (Å²) < 4.78 is 5.12. The molecule has 0 radical (unpaired) electrons. The van der Waals surface area contributed by atoms with E-state index in [-0.39, 0.29) is 24.5 Å². The van der Waals surface area contributed by atoms with Crippen LogP contribution in [-0.4, -0.2) is 30.0 Å². The molecule has 0 aliphatic rings.